The Bertz CT molecular complexity index is 793. The van der Waals surface area contributed by atoms with Crippen LogP contribution in [0.3, 0.4) is 0 Å². The van der Waals surface area contributed by atoms with Crippen LogP contribution in [0.5, 0.6) is 5.75 Å². The zero-order valence-corrected chi connectivity index (χ0v) is 14.3. The number of hydrogen-bond donors (Lipinski definition) is 1. The third-order valence-corrected chi connectivity index (χ3v) is 4.56. The zero-order chi connectivity index (χ0) is 17.3. The molecule has 1 atom stereocenters. The van der Waals surface area contributed by atoms with E-state index in [4.69, 9.17) is 27.9 Å². The van der Waals surface area contributed by atoms with Crippen molar-refractivity contribution in [3.05, 3.63) is 52.5 Å². The van der Waals surface area contributed by atoms with E-state index in [1.807, 2.05) is 0 Å². The van der Waals surface area contributed by atoms with Gasteiger partial charge in [0.25, 0.3) is 5.91 Å². The van der Waals surface area contributed by atoms with Crippen LogP contribution in [-0.2, 0) is 9.59 Å². The Morgan fingerprint density at radius 3 is 2.50 bits per heavy atom. The number of halogens is 2. The van der Waals surface area contributed by atoms with E-state index in [-0.39, 0.29) is 23.3 Å². The maximum Gasteiger partial charge on any atom is 0.256 e. The summed E-state index contributed by atoms with van der Waals surface area (Å²) in [5.41, 5.74) is 1.03. The average molecular weight is 365 g/mol. The van der Waals surface area contributed by atoms with Crippen molar-refractivity contribution in [1.29, 1.82) is 0 Å². The monoisotopic (exact) mass is 364 g/mol. The van der Waals surface area contributed by atoms with Gasteiger partial charge in [-0.05, 0) is 36.4 Å². The first kappa shape index (κ1) is 16.6. The predicted octanol–water partition coefficient (Wildman–Crippen LogP) is 3.75. The number of anilines is 2. The number of carbonyl (C=O) groups is 2. The van der Waals surface area contributed by atoms with Gasteiger partial charge in [0.1, 0.15) is 11.8 Å². The molecule has 5 nitrogen and oxygen atoms in total. The normalized spacial score (nSPS) is 17.3. The zero-order valence-electron chi connectivity index (χ0n) is 12.8. The number of ether oxygens (including phenoxy) is 1. The SMILES string of the molecule is COc1ccc(N[C@@H]2CC(=O)N(c3cccc(Cl)c3Cl)C2=O)cc1. The second-order valence-electron chi connectivity index (χ2n) is 5.27. The van der Waals surface area contributed by atoms with Crippen molar-refractivity contribution in [3.8, 4) is 5.75 Å². The quantitative estimate of drug-likeness (QED) is 0.839. The lowest BCUT2D eigenvalue weighted by Gasteiger charge is -2.17. The molecule has 2 aromatic carbocycles. The third kappa shape index (κ3) is 3.05. The summed E-state index contributed by atoms with van der Waals surface area (Å²) in [5, 5.41) is 3.54. The first-order chi connectivity index (χ1) is 11.5. The summed E-state index contributed by atoms with van der Waals surface area (Å²) in [5.74, 6) is 0.0249. The Hall–Kier alpha value is -2.24. The van der Waals surface area contributed by atoms with E-state index in [1.165, 1.54) is 0 Å². The van der Waals surface area contributed by atoms with Crippen LogP contribution in [0, 0.1) is 0 Å². The largest absolute Gasteiger partial charge is 0.497 e. The van der Waals surface area contributed by atoms with E-state index in [9.17, 15) is 9.59 Å². The number of carbonyl (C=O) groups excluding carboxylic acids is 2. The molecule has 1 fully saturated rings. The molecule has 0 unspecified atom stereocenters. The van der Waals surface area contributed by atoms with Crippen molar-refractivity contribution >= 4 is 46.4 Å². The fourth-order valence-electron chi connectivity index (χ4n) is 2.55. The summed E-state index contributed by atoms with van der Waals surface area (Å²) in [6.07, 6.45) is 0.0493. The molecule has 0 spiro atoms. The fraction of sp³-hybridized carbons (Fsp3) is 0.176. The van der Waals surface area contributed by atoms with Gasteiger partial charge >= 0.3 is 0 Å². The van der Waals surface area contributed by atoms with Crippen LogP contribution in [0.4, 0.5) is 11.4 Å². The molecule has 24 heavy (non-hydrogen) atoms. The first-order valence-corrected chi connectivity index (χ1v) is 7.98. The Balaban J connectivity index is 1.82. The summed E-state index contributed by atoms with van der Waals surface area (Å²) in [6.45, 7) is 0. The van der Waals surface area contributed by atoms with Gasteiger partial charge in [-0.25, -0.2) is 4.90 Å². The van der Waals surface area contributed by atoms with E-state index >= 15 is 0 Å². The van der Waals surface area contributed by atoms with Gasteiger partial charge in [-0.15, -0.1) is 0 Å². The van der Waals surface area contributed by atoms with Crippen molar-refractivity contribution in [2.24, 2.45) is 0 Å². The molecular formula is C17H14Cl2N2O3. The molecule has 3 rings (SSSR count). The molecular weight excluding hydrogens is 351 g/mol. The van der Waals surface area contributed by atoms with E-state index in [1.54, 1.807) is 49.6 Å². The van der Waals surface area contributed by atoms with Gasteiger partial charge < -0.3 is 10.1 Å². The molecule has 0 aromatic heterocycles. The standard InChI is InChI=1S/C17H14Cl2N2O3/c1-24-11-7-5-10(6-8-11)20-13-9-15(22)21(17(13)23)14-4-2-3-12(18)16(14)19/h2-8,13,20H,9H2,1H3/t13-/m1/s1. The number of benzene rings is 2. The molecule has 0 radical (unpaired) electrons. The smallest absolute Gasteiger partial charge is 0.256 e. The van der Waals surface area contributed by atoms with E-state index in [0.29, 0.717) is 16.5 Å². The van der Waals surface area contributed by atoms with Gasteiger partial charge in [-0.2, -0.15) is 0 Å². The molecule has 1 saturated heterocycles. The molecule has 1 heterocycles. The lowest BCUT2D eigenvalue weighted by Crippen LogP contribution is -2.35. The van der Waals surface area contributed by atoms with E-state index < -0.39 is 6.04 Å². The second kappa shape index (κ2) is 6.71. The Kier molecular flexibility index (Phi) is 4.64. The van der Waals surface area contributed by atoms with Gasteiger partial charge in [-0.1, -0.05) is 29.3 Å². The van der Waals surface area contributed by atoms with Crippen LogP contribution in [0.15, 0.2) is 42.5 Å². The molecule has 7 heteroatoms. The lowest BCUT2D eigenvalue weighted by atomic mass is 10.2. The summed E-state index contributed by atoms with van der Waals surface area (Å²) < 4.78 is 5.09. The fourth-order valence-corrected chi connectivity index (χ4v) is 2.93. The van der Waals surface area contributed by atoms with Crippen molar-refractivity contribution in [2.45, 2.75) is 12.5 Å². The third-order valence-electron chi connectivity index (χ3n) is 3.75. The van der Waals surface area contributed by atoms with Gasteiger partial charge in [0.05, 0.1) is 29.3 Å². The van der Waals surface area contributed by atoms with Crippen LogP contribution in [0.25, 0.3) is 0 Å². The summed E-state index contributed by atoms with van der Waals surface area (Å²) in [7, 11) is 1.58. The summed E-state index contributed by atoms with van der Waals surface area (Å²) in [4.78, 5) is 26.0. The highest BCUT2D eigenvalue weighted by atomic mass is 35.5. The second-order valence-corrected chi connectivity index (χ2v) is 6.06. The average Bonchev–Trinajstić information content (AvgIpc) is 2.85. The van der Waals surface area contributed by atoms with E-state index in [2.05, 4.69) is 5.32 Å². The number of nitrogens with one attached hydrogen (secondary N) is 1. The van der Waals surface area contributed by atoms with Gasteiger partial charge in [-0.3, -0.25) is 9.59 Å². The number of hydrogen-bond acceptors (Lipinski definition) is 4. The number of imide groups is 1. The molecule has 1 N–H and O–H groups in total. The molecule has 2 aromatic rings. The topological polar surface area (TPSA) is 58.6 Å². The van der Waals surface area contributed by atoms with Crippen molar-refractivity contribution in [1.82, 2.24) is 0 Å². The predicted molar refractivity (Wildman–Crippen MR) is 94.0 cm³/mol. The highest BCUT2D eigenvalue weighted by Gasteiger charge is 2.40. The van der Waals surface area contributed by atoms with Crippen LogP contribution in [0.2, 0.25) is 10.0 Å². The maximum absolute atomic E-state index is 12.6. The molecule has 0 saturated carbocycles. The Labute approximate surface area is 149 Å². The number of rotatable bonds is 4. The van der Waals surface area contributed by atoms with Crippen LogP contribution < -0.4 is 15.0 Å². The molecule has 0 bridgehead atoms. The van der Waals surface area contributed by atoms with E-state index in [0.717, 1.165) is 10.6 Å². The minimum Gasteiger partial charge on any atom is -0.497 e. The summed E-state index contributed by atoms with van der Waals surface area (Å²) >= 11 is 12.1. The van der Waals surface area contributed by atoms with Gasteiger partial charge in [0.15, 0.2) is 0 Å². The van der Waals surface area contributed by atoms with Crippen molar-refractivity contribution in [3.63, 3.8) is 0 Å². The van der Waals surface area contributed by atoms with Gasteiger partial charge in [0.2, 0.25) is 5.91 Å². The van der Waals surface area contributed by atoms with Crippen LogP contribution in [0.1, 0.15) is 6.42 Å². The first-order valence-electron chi connectivity index (χ1n) is 7.22. The lowest BCUT2D eigenvalue weighted by molar-refractivity contribution is -0.121. The van der Waals surface area contributed by atoms with Crippen LogP contribution in [-0.4, -0.2) is 25.0 Å². The molecule has 2 amide bonds. The van der Waals surface area contributed by atoms with Crippen LogP contribution >= 0.6 is 23.2 Å². The molecule has 124 valence electrons. The molecule has 1 aliphatic heterocycles. The highest BCUT2D eigenvalue weighted by molar-refractivity contribution is 6.45. The maximum atomic E-state index is 12.6. The van der Waals surface area contributed by atoms with Crippen molar-refractivity contribution < 1.29 is 14.3 Å². The van der Waals surface area contributed by atoms with Crippen molar-refractivity contribution in [2.75, 3.05) is 17.3 Å². The Morgan fingerprint density at radius 2 is 1.83 bits per heavy atom. The molecule has 1 aliphatic rings. The number of nitrogens with zero attached hydrogens (tertiary/aromatic N) is 1. The van der Waals surface area contributed by atoms with Gasteiger partial charge in [0, 0.05) is 5.69 Å². The molecule has 0 aliphatic carbocycles. The minimum absolute atomic E-state index is 0.0493. The highest BCUT2D eigenvalue weighted by Crippen LogP contribution is 2.35. The number of methoxy groups -OCH3 is 1. The Morgan fingerprint density at radius 1 is 1.12 bits per heavy atom. The number of amides is 2. The minimum atomic E-state index is -0.652. The summed E-state index contributed by atoms with van der Waals surface area (Å²) in [6, 6.07) is 11.3.